The molecule has 0 saturated carbocycles. The van der Waals surface area contributed by atoms with Crippen LogP contribution in [0.4, 0.5) is 0 Å². The quantitative estimate of drug-likeness (QED) is 0.726. The average molecular weight is 353 g/mol. The number of carbonyl (C=O) groups is 1. The van der Waals surface area contributed by atoms with E-state index in [0.29, 0.717) is 6.54 Å². The van der Waals surface area contributed by atoms with E-state index in [1.54, 1.807) is 18.7 Å². The molecule has 1 saturated heterocycles. The number of rotatable bonds is 3. The number of amides is 1. The normalized spacial score (nSPS) is 17.6. The molecule has 0 aromatic carbocycles. The first-order valence-corrected chi connectivity index (χ1v) is 9.22. The molecule has 1 aliphatic heterocycles. The second kappa shape index (κ2) is 6.76. The second-order valence-electron chi connectivity index (χ2n) is 6.29. The molecular weight excluding hydrogens is 334 g/mol. The molecule has 128 valence electrons. The maximum atomic E-state index is 12.6. The number of carbonyl (C=O) groups excluding carboxylic acids is 1. The highest BCUT2D eigenvalue weighted by Crippen LogP contribution is 2.28. The Hall–Kier alpha value is -2.54. The monoisotopic (exact) mass is 353 g/mol. The molecule has 1 aliphatic rings. The van der Waals surface area contributed by atoms with Gasteiger partial charge in [-0.05, 0) is 24.3 Å². The van der Waals surface area contributed by atoms with E-state index in [4.69, 9.17) is 4.98 Å². The highest BCUT2D eigenvalue weighted by Gasteiger charge is 2.27. The third-order valence-corrected chi connectivity index (χ3v) is 5.45. The van der Waals surface area contributed by atoms with Crippen molar-refractivity contribution in [2.75, 3.05) is 13.1 Å². The summed E-state index contributed by atoms with van der Waals surface area (Å²) in [4.78, 5) is 28.7. The van der Waals surface area contributed by atoms with Crippen molar-refractivity contribution in [3.8, 4) is 11.4 Å². The first kappa shape index (κ1) is 16.0. The molecule has 6 nitrogen and oxygen atoms in total. The molecule has 0 spiro atoms. The summed E-state index contributed by atoms with van der Waals surface area (Å²) < 4.78 is 1.93. The zero-order valence-electron chi connectivity index (χ0n) is 14.0. The number of aromatic nitrogens is 4. The summed E-state index contributed by atoms with van der Waals surface area (Å²) in [5.74, 6) is 0.341. The summed E-state index contributed by atoms with van der Waals surface area (Å²) in [5.41, 5.74) is 2.71. The van der Waals surface area contributed by atoms with Crippen LogP contribution >= 0.6 is 11.3 Å². The predicted octanol–water partition coefficient (Wildman–Crippen LogP) is 2.96. The third-order valence-electron chi connectivity index (χ3n) is 4.59. The van der Waals surface area contributed by atoms with Crippen LogP contribution in [0, 0.1) is 0 Å². The second-order valence-corrected chi connectivity index (χ2v) is 7.23. The van der Waals surface area contributed by atoms with Crippen molar-refractivity contribution in [3.63, 3.8) is 0 Å². The molecule has 1 atom stereocenters. The number of nitrogens with zero attached hydrogens (tertiary/aromatic N) is 5. The van der Waals surface area contributed by atoms with Gasteiger partial charge in [0.2, 0.25) is 0 Å². The van der Waals surface area contributed by atoms with Gasteiger partial charge in [0.25, 0.3) is 5.91 Å². The van der Waals surface area contributed by atoms with Crippen molar-refractivity contribution < 1.29 is 4.79 Å². The lowest BCUT2D eigenvalue weighted by molar-refractivity contribution is 0.0711. The molecule has 25 heavy (non-hydrogen) atoms. The number of aryl methyl sites for hydroxylation is 1. The summed E-state index contributed by atoms with van der Waals surface area (Å²) in [6.45, 7) is 1.50. The van der Waals surface area contributed by atoms with Crippen LogP contribution in [0.3, 0.4) is 0 Å². The van der Waals surface area contributed by atoms with E-state index in [-0.39, 0.29) is 11.8 Å². The molecular formula is C18H19N5OS. The fourth-order valence-corrected chi connectivity index (χ4v) is 3.96. The third kappa shape index (κ3) is 3.19. The van der Waals surface area contributed by atoms with Gasteiger partial charge in [0.05, 0.1) is 35.0 Å². The lowest BCUT2D eigenvalue weighted by Gasteiger charge is -2.32. The van der Waals surface area contributed by atoms with Crippen molar-refractivity contribution in [1.29, 1.82) is 0 Å². The van der Waals surface area contributed by atoms with Crippen molar-refractivity contribution in [2.45, 2.75) is 18.8 Å². The molecule has 4 heterocycles. The van der Waals surface area contributed by atoms with Gasteiger partial charge in [-0.3, -0.25) is 9.78 Å². The molecule has 3 aromatic rings. The Balaban J connectivity index is 1.56. The van der Waals surface area contributed by atoms with Crippen LogP contribution in [0.5, 0.6) is 0 Å². The van der Waals surface area contributed by atoms with E-state index in [0.717, 1.165) is 41.3 Å². The molecule has 0 radical (unpaired) electrons. The van der Waals surface area contributed by atoms with Gasteiger partial charge >= 0.3 is 0 Å². The average Bonchev–Trinajstić information content (AvgIpc) is 3.33. The molecule has 0 bridgehead atoms. The zero-order chi connectivity index (χ0) is 17.2. The van der Waals surface area contributed by atoms with Crippen LogP contribution in [0.15, 0.2) is 42.4 Å². The van der Waals surface area contributed by atoms with Gasteiger partial charge in [-0.15, -0.1) is 11.3 Å². The Morgan fingerprint density at radius 1 is 1.28 bits per heavy atom. The highest BCUT2D eigenvalue weighted by molar-refractivity contribution is 7.12. The first-order chi connectivity index (χ1) is 12.2. The molecule has 0 unspecified atom stereocenters. The van der Waals surface area contributed by atoms with Crippen LogP contribution in [0.1, 0.15) is 34.1 Å². The lowest BCUT2D eigenvalue weighted by Crippen LogP contribution is -2.39. The van der Waals surface area contributed by atoms with E-state index in [9.17, 15) is 4.79 Å². The maximum Gasteiger partial charge on any atom is 0.263 e. The maximum absolute atomic E-state index is 12.6. The van der Waals surface area contributed by atoms with E-state index in [2.05, 4.69) is 9.97 Å². The number of hydrogen-bond acceptors (Lipinski definition) is 5. The molecule has 1 fully saturated rings. The molecule has 0 aliphatic carbocycles. The van der Waals surface area contributed by atoms with E-state index >= 15 is 0 Å². The minimum absolute atomic E-state index is 0.121. The molecule has 4 rings (SSSR count). The van der Waals surface area contributed by atoms with Crippen LogP contribution in [-0.4, -0.2) is 43.4 Å². The largest absolute Gasteiger partial charge is 0.337 e. The number of imidazole rings is 1. The summed E-state index contributed by atoms with van der Waals surface area (Å²) in [5, 5.41) is 1.94. The highest BCUT2D eigenvalue weighted by atomic mass is 32.1. The van der Waals surface area contributed by atoms with E-state index in [1.807, 2.05) is 40.2 Å². The van der Waals surface area contributed by atoms with Gasteiger partial charge in [0.1, 0.15) is 5.69 Å². The van der Waals surface area contributed by atoms with Gasteiger partial charge < -0.3 is 9.47 Å². The first-order valence-electron chi connectivity index (χ1n) is 8.34. The summed E-state index contributed by atoms with van der Waals surface area (Å²) in [6, 6.07) is 3.81. The topological polar surface area (TPSA) is 63.9 Å². The number of likely N-dealkylation sites (tertiary alicyclic amines) is 1. The van der Waals surface area contributed by atoms with Gasteiger partial charge in [-0.1, -0.05) is 6.07 Å². The molecule has 1 amide bonds. The van der Waals surface area contributed by atoms with Crippen LogP contribution in [0.25, 0.3) is 11.4 Å². The smallest absolute Gasteiger partial charge is 0.263 e. The summed E-state index contributed by atoms with van der Waals surface area (Å²) in [7, 11) is 1.94. The molecule has 0 N–H and O–H groups in total. The van der Waals surface area contributed by atoms with Gasteiger partial charge in [-0.25, -0.2) is 9.97 Å². The van der Waals surface area contributed by atoms with E-state index < -0.39 is 0 Å². The summed E-state index contributed by atoms with van der Waals surface area (Å²) >= 11 is 1.50. The predicted molar refractivity (Wildman–Crippen MR) is 96.4 cm³/mol. The van der Waals surface area contributed by atoms with Gasteiger partial charge in [-0.2, -0.15) is 0 Å². The van der Waals surface area contributed by atoms with Crippen molar-refractivity contribution in [1.82, 2.24) is 24.4 Å². The Kier molecular flexibility index (Phi) is 4.31. The Bertz CT molecular complexity index is 873. The van der Waals surface area contributed by atoms with Gasteiger partial charge in [0.15, 0.2) is 0 Å². The molecule has 7 heteroatoms. The Labute approximate surface area is 150 Å². The van der Waals surface area contributed by atoms with Crippen molar-refractivity contribution >= 4 is 17.2 Å². The zero-order valence-corrected chi connectivity index (χ0v) is 14.8. The SMILES string of the molecule is Cn1cncc1-c1cncc([C@H]2CCCN(C(=O)c3cccs3)C2)n1. The van der Waals surface area contributed by atoms with E-state index in [1.165, 1.54) is 11.3 Å². The summed E-state index contributed by atoms with van der Waals surface area (Å²) in [6.07, 6.45) is 9.14. The van der Waals surface area contributed by atoms with Gasteiger partial charge in [0, 0.05) is 32.3 Å². The Morgan fingerprint density at radius 2 is 2.20 bits per heavy atom. The lowest BCUT2D eigenvalue weighted by atomic mass is 9.94. The van der Waals surface area contributed by atoms with Crippen LogP contribution in [-0.2, 0) is 7.05 Å². The number of piperidine rings is 1. The van der Waals surface area contributed by atoms with Crippen molar-refractivity contribution in [2.24, 2.45) is 7.05 Å². The minimum atomic E-state index is 0.121. The number of thiophene rings is 1. The minimum Gasteiger partial charge on any atom is -0.337 e. The van der Waals surface area contributed by atoms with Crippen molar-refractivity contribution in [3.05, 3.63) is 53.0 Å². The van der Waals surface area contributed by atoms with Crippen LogP contribution in [0.2, 0.25) is 0 Å². The van der Waals surface area contributed by atoms with Crippen LogP contribution < -0.4 is 0 Å². The Morgan fingerprint density at radius 3 is 2.96 bits per heavy atom. The fourth-order valence-electron chi connectivity index (χ4n) is 3.26. The number of hydrogen-bond donors (Lipinski definition) is 0. The standard InChI is InChI=1S/C18H19N5OS/c1-22-12-20-10-16(22)15-9-19-8-14(21-15)13-4-2-6-23(11-13)18(24)17-5-3-7-25-17/h3,5,7-10,12-13H,2,4,6,11H2,1H3/t13-/m0/s1. The fraction of sp³-hybridized carbons (Fsp3) is 0.333. The molecule has 3 aromatic heterocycles.